The first-order valence-corrected chi connectivity index (χ1v) is 7.43. The molecule has 0 N–H and O–H groups in total. The van der Waals surface area contributed by atoms with Gasteiger partial charge in [0.25, 0.3) is 0 Å². The maximum Gasteiger partial charge on any atom is -0.000728 e. The van der Waals surface area contributed by atoms with E-state index in [1.54, 1.807) is 0 Å². The Labute approximate surface area is 123 Å². The van der Waals surface area contributed by atoms with Gasteiger partial charge in [-0.25, -0.2) is 0 Å². The Kier molecular flexibility index (Phi) is 2.09. The van der Waals surface area contributed by atoms with E-state index < -0.39 is 0 Å². The van der Waals surface area contributed by atoms with Crippen LogP contribution in [0.5, 0.6) is 0 Å². The van der Waals surface area contributed by atoms with Gasteiger partial charge in [0.05, 0.1) is 0 Å². The van der Waals surface area contributed by atoms with Gasteiger partial charge in [0.2, 0.25) is 0 Å². The molecule has 0 saturated heterocycles. The second-order valence-corrected chi connectivity index (χ2v) is 5.81. The van der Waals surface area contributed by atoms with Crippen molar-refractivity contribution in [3.05, 3.63) is 83.9 Å². The Morgan fingerprint density at radius 1 is 0.524 bits per heavy atom. The molecule has 1 aliphatic rings. The van der Waals surface area contributed by atoms with Gasteiger partial charge in [-0.1, -0.05) is 72.8 Å². The quantitative estimate of drug-likeness (QED) is 0.322. The van der Waals surface area contributed by atoms with Gasteiger partial charge in [0, 0.05) is 0 Å². The Morgan fingerprint density at radius 2 is 1.33 bits per heavy atom. The van der Waals surface area contributed by atoms with Gasteiger partial charge < -0.3 is 0 Å². The Morgan fingerprint density at radius 3 is 2.33 bits per heavy atom. The lowest BCUT2D eigenvalue weighted by Crippen LogP contribution is -1.85. The van der Waals surface area contributed by atoms with Crippen molar-refractivity contribution in [1.29, 1.82) is 0 Å². The van der Waals surface area contributed by atoms with E-state index in [0.29, 0.717) is 0 Å². The van der Waals surface area contributed by atoms with Crippen LogP contribution in [0.3, 0.4) is 0 Å². The number of hydrogen-bond donors (Lipinski definition) is 0. The minimum atomic E-state index is 1.06. The monoisotopic (exact) mass is 266 g/mol. The highest BCUT2D eigenvalue weighted by Gasteiger charge is 2.20. The van der Waals surface area contributed by atoms with Crippen LogP contribution in [0.1, 0.15) is 11.1 Å². The van der Waals surface area contributed by atoms with Crippen LogP contribution in [0, 0.1) is 0 Å². The molecule has 0 fully saturated rings. The SMILES string of the molecule is c1ccc2c(c1)Cc1c-2ccc2c1ccc1ccccc12. The molecule has 0 spiro atoms. The standard InChI is InChI=1S/C21H14/c1-3-7-16-14(5-1)9-10-20-18(16)11-12-19-17-8-4-2-6-15(17)13-21(19)20/h1-12H,13H2. The zero-order valence-electron chi connectivity index (χ0n) is 11.6. The first kappa shape index (κ1) is 11.1. The van der Waals surface area contributed by atoms with E-state index in [4.69, 9.17) is 0 Å². The third-order valence-corrected chi connectivity index (χ3v) is 4.71. The van der Waals surface area contributed by atoms with Gasteiger partial charge in [0.1, 0.15) is 0 Å². The second-order valence-electron chi connectivity index (χ2n) is 5.81. The van der Waals surface area contributed by atoms with Crippen molar-refractivity contribution >= 4 is 21.5 Å². The van der Waals surface area contributed by atoms with Crippen molar-refractivity contribution in [2.45, 2.75) is 6.42 Å². The Bertz CT molecular complexity index is 1010. The van der Waals surface area contributed by atoms with Crippen molar-refractivity contribution in [2.75, 3.05) is 0 Å². The van der Waals surface area contributed by atoms with Crippen molar-refractivity contribution < 1.29 is 0 Å². The van der Waals surface area contributed by atoms with E-state index in [1.807, 2.05) is 0 Å². The third kappa shape index (κ3) is 1.45. The minimum Gasteiger partial charge on any atom is -0.0619 e. The second kappa shape index (κ2) is 3.95. The number of fused-ring (bicyclic) bond motifs is 7. The Hall–Kier alpha value is -2.60. The molecule has 0 atom stereocenters. The summed E-state index contributed by atoms with van der Waals surface area (Å²) in [7, 11) is 0. The fourth-order valence-corrected chi connectivity index (χ4v) is 3.72. The summed E-state index contributed by atoms with van der Waals surface area (Å²) in [6, 6.07) is 26.6. The zero-order valence-corrected chi connectivity index (χ0v) is 11.6. The van der Waals surface area contributed by atoms with Crippen LogP contribution in [0.2, 0.25) is 0 Å². The number of hydrogen-bond acceptors (Lipinski definition) is 0. The summed E-state index contributed by atoms with van der Waals surface area (Å²) in [6.07, 6.45) is 1.06. The molecule has 5 rings (SSSR count). The largest absolute Gasteiger partial charge is 0.0619 e. The molecule has 1 aliphatic carbocycles. The van der Waals surface area contributed by atoms with Crippen molar-refractivity contribution in [3.63, 3.8) is 0 Å². The molecule has 4 aromatic rings. The van der Waals surface area contributed by atoms with Crippen LogP contribution >= 0.6 is 0 Å². The molecule has 21 heavy (non-hydrogen) atoms. The molecule has 0 saturated carbocycles. The minimum absolute atomic E-state index is 1.06. The van der Waals surface area contributed by atoms with Gasteiger partial charge in [-0.3, -0.25) is 0 Å². The lowest BCUT2D eigenvalue weighted by molar-refractivity contribution is 1.28. The predicted octanol–water partition coefficient (Wildman–Crippen LogP) is 5.56. The smallest absolute Gasteiger partial charge is 0.000728 e. The van der Waals surface area contributed by atoms with Crippen LogP contribution in [0.4, 0.5) is 0 Å². The third-order valence-electron chi connectivity index (χ3n) is 4.71. The zero-order chi connectivity index (χ0) is 13.8. The van der Waals surface area contributed by atoms with Crippen molar-refractivity contribution in [3.8, 4) is 11.1 Å². The van der Waals surface area contributed by atoms with Crippen molar-refractivity contribution in [1.82, 2.24) is 0 Å². The summed E-state index contributed by atoms with van der Waals surface area (Å²) in [5, 5.41) is 5.45. The van der Waals surface area contributed by atoms with E-state index in [-0.39, 0.29) is 0 Å². The van der Waals surface area contributed by atoms with Gasteiger partial charge in [-0.05, 0) is 50.2 Å². The van der Waals surface area contributed by atoms with Crippen LogP contribution in [0.15, 0.2) is 72.8 Å². The highest BCUT2D eigenvalue weighted by molar-refractivity contribution is 6.10. The Balaban J connectivity index is 1.91. The van der Waals surface area contributed by atoms with E-state index >= 15 is 0 Å². The fraction of sp³-hybridized carbons (Fsp3) is 0.0476. The molecule has 0 aliphatic heterocycles. The molecular weight excluding hydrogens is 252 g/mol. The molecule has 0 amide bonds. The van der Waals surface area contributed by atoms with Gasteiger partial charge in [0.15, 0.2) is 0 Å². The highest BCUT2D eigenvalue weighted by Crippen LogP contribution is 2.41. The molecular formula is C21H14. The predicted molar refractivity (Wildman–Crippen MR) is 89.7 cm³/mol. The van der Waals surface area contributed by atoms with Gasteiger partial charge >= 0.3 is 0 Å². The number of rotatable bonds is 0. The molecule has 0 bridgehead atoms. The summed E-state index contributed by atoms with van der Waals surface area (Å²) in [6.45, 7) is 0. The highest BCUT2D eigenvalue weighted by atomic mass is 14.2. The van der Waals surface area contributed by atoms with Crippen molar-refractivity contribution in [2.24, 2.45) is 0 Å². The molecule has 0 heteroatoms. The van der Waals surface area contributed by atoms with Gasteiger partial charge in [-0.15, -0.1) is 0 Å². The van der Waals surface area contributed by atoms with Gasteiger partial charge in [-0.2, -0.15) is 0 Å². The first-order valence-electron chi connectivity index (χ1n) is 7.43. The lowest BCUT2D eigenvalue weighted by Gasteiger charge is -2.09. The van der Waals surface area contributed by atoms with Crippen LogP contribution in [0.25, 0.3) is 32.7 Å². The number of benzene rings is 4. The average Bonchev–Trinajstić information content (AvgIpc) is 2.93. The summed E-state index contributed by atoms with van der Waals surface area (Å²) in [5.74, 6) is 0. The average molecular weight is 266 g/mol. The van der Waals surface area contributed by atoms with Crippen LogP contribution in [-0.2, 0) is 6.42 Å². The summed E-state index contributed by atoms with van der Waals surface area (Å²) >= 11 is 0. The maximum atomic E-state index is 2.30. The summed E-state index contributed by atoms with van der Waals surface area (Å²) in [4.78, 5) is 0. The van der Waals surface area contributed by atoms with E-state index in [0.717, 1.165) is 6.42 Å². The van der Waals surface area contributed by atoms with Crippen LogP contribution < -0.4 is 0 Å². The fourth-order valence-electron chi connectivity index (χ4n) is 3.72. The first-order chi connectivity index (χ1) is 10.4. The molecule has 0 aromatic heterocycles. The van der Waals surface area contributed by atoms with E-state index in [2.05, 4.69) is 72.8 Å². The molecule has 0 radical (unpaired) electrons. The summed E-state index contributed by atoms with van der Waals surface area (Å²) in [5.41, 5.74) is 5.75. The van der Waals surface area contributed by atoms with E-state index in [9.17, 15) is 0 Å². The maximum absolute atomic E-state index is 2.30. The molecule has 0 unspecified atom stereocenters. The topological polar surface area (TPSA) is 0 Å². The molecule has 4 aromatic carbocycles. The van der Waals surface area contributed by atoms with E-state index in [1.165, 1.54) is 43.8 Å². The van der Waals surface area contributed by atoms with Crippen LogP contribution in [-0.4, -0.2) is 0 Å². The lowest BCUT2D eigenvalue weighted by atomic mass is 9.95. The normalized spacial score (nSPS) is 12.6. The summed E-state index contributed by atoms with van der Waals surface area (Å²) < 4.78 is 0. The molecule has 0 heterocycles. The molecule has 0 nitrogen and oxygen atoms in total. The molecule has 98 valence electrons.